The Morgan fingerprint density at radius 1 is 1.39 bits per heavy atom. The van der Waals surface area contributed by atoms with Gasteiger partial charge in [0.2, 0.25) is 0 Å². The molecule has 0 spiro atoms. The van der Waals surface area contributed by atoms with Crippen LogP contribution in [0.1, 0.15) is 46.0 Å². The van der Waals surface area contributed by atoms with Gasteiger partial charge < -0.3 is 15.4 Å². The van der Waals surface area contributed by atoms with Crippen molar-refractivity contribution in [3.05, 3.63) is 0 Å². The van der Waals surface area contributed by atoms with Crippen molar-refractivity contribution >= 4 is 29.9 Å². The third-order valence-corrected chi connectivity index (χ3v) is 3.66. The Hall–Kier alpha value is -0.0400. The smallest absolute Gasteiger partial charge is 0.191 e. The molecule has 2 rings (SSSR count). The van der Waals surface area contributed by atoms with Crippen LogP contribution in [0.25, 0.3) is 0 Å². The van der Waals surface area contributed by atoms with Crippen LogP contribution in [0.5, 0.6) is 0 Å². The lowest BCUT2D eigenvalue weighted by Gasteiger charge is -2.29. The quantitative estimate of drug-likeness (QED) is 0.455. The first-order valence-electron chi connectivity index (χ1n) is 6.91. The fraction of sp³-hybridized carbons (Fsp3) is 0.923. The Kier molecular flexibility index (Phi) is 6.70. The summed E-state index contributed by atoms with van der Waals surface area (Å²) in [7, 11) is 0. The first-order valence-corrected chi connectivity index (χ1v) is 6.91. The molecule has 0 bridgehead atoms. The van der Waals surface area contributed by atoms with Gasteiger partial charge in [-0.05, 0) is 46.0 Å². The summed E-state index contributed by atoms with van der Waals surface area (Å²) in [5.41, 5.74) is -0.0397. The minimum absolute atomic E-state index is 0. The zero-order valence-electron chi connectivity index (χ0n) is 11.5. The molecule has 1 saturated heterocycles. The third kappa shape index (κ3) is 4.57. The van der Waals surface area contributed by atoms with Gasteiger partial charge in [0.25, 0.3) is 0 Å². The molecule has 106 valence electrons. The van der Waals surface area contributed by atoms with Crippen LogP contribution in [0.2, 0.25) is 0 Å². The molecule has 0 aromatic heterocycles. The maximum atomic E-state index is 5.75. The minimum Gasteiger partial charge on any atom is -0.373 e. The highest BCUT2D eigenvalue weighted by atomic mass is 127. The Bertz CT molecular complexity index is 273. The Morgan fingerprint density at radius 2 is 2.17 bits per heavy atom. The summed E-state index contributed by atoms with van der Waals surface area (Å²) >= 11 is 0. The van der Waals surface area contributed by atoms with Crippen molar-refractivity contribution in [3.63, 3.8) is 0 Å². The van der Waals surface area contributed by atoms with Crippen molar-refractivity contribution in [3.8, 4) is 0 Å². The molecule has 2 N–H and O–H groups in total. The number of hydrogen-bond acceptors (Lipinski definition) is 2. The lowest BCUT2D eigenvalue weighted by Crippen LogP contribution is -2.47. The Balaban J connectivity index is 0.00000162. The average molecular weight is 367 g/mol. The SMILES string of the molecule is CCNC(=NCC1(C)CCCO1)NC1CCC1.I. The van der Waals surface area contributed by atoms with Crippen molar-refractivity contribution in [2.75, 3.05) is 19.7 Å². The van der Waals surface area contributed by atoms with Gasteiger partial charge in [0.1, 0.15) is 0 Å². The molecule has 0 aromatic carbocycles. The van der Waals surface area contributed by atoms with E-state index in [0.717, 1.165) is 32.1 Å². The van der Waals surface area contributed by atoms with Crippen molar-refractivity contribution in [2.24, 2.45) is 4.99 Å². The lowest BCUT2D eigenvalue weighted by atomic mass is 9.93. The van der Waals surface area contributed by atoms with Crippen LogP contribution in [0.4, 0.5) is 0 Å². The van der Waals surface area contributed by atoms with Crippen LogP contribution in [-0.2, 0) is 4.74 Å². The molecule has 0 radical (unpaired) electrons. The molecule has 1 saturated carbocycles. The summed E-state index contributed by atoms with van der Waals surface area (Å²) in [5.74, 6) is 0.953. The maximum absolute atomic E-state index is 5.75. The molecule has 1 atom stereocenters. The summed E-state index contributed by atoms with van der Waals surface area (Å²) in [6, 6.07) is 0.630. The number of aliphatic imine (C=N–C) groups is 1. The summed E-state index contributed by atoms with van der Waals surface area (Å²) in [4.78, 5) is 4.66. The molecule has 2 aliphatic rings. The second kappa shape index (κ2) is 7.53. The van der Waals surface area contributed by atoms with Gasteiger partial charge in [-0.1, -0.05) is 0 Å². The van der Waals surface area contributed by atoms with Gasteiger partial charge in [0.15, 0.2) is 5.96 Å². The summed E-state index contributed by atoms with van der Waals surface area (Å²) < 4.78 is 5.75. The second-order valence-electron chi connectivity index (χ2n) is 5.37. The fourth-order valence-corrected chi connectivity index (χ4v) is 2.27. The van der Waals surface area contributed by atoms with E-state index in [9.17, 15) is 0 Å². The maximum Gasteiger partial charge on any atom is 0.191 e. The molecule has 0 aromatic rings. The van der Waals surface area contributed by atoms with Crippen LogP contribution in [0.3, 0.4) is 0 Å². The number of ether oxygens (including phenoxy) is 1. The van der Waals surface area contributed by atoms with Gasteiger partial charge in [0.05, 0.1) is 12.1 Å². The molecule has 1 aliphatic carbocycles. The standard InChI is InChI=1S/C13H25N3O.HI/c1-3-14-12(16-11-6-4-7-11)15-10-13(2)8-5-9-17-13;/h11H,3-10H2,1-2H3,(H2,14,15,16);1H. The van der Waals surface area contributed by atoms with E-state index in [2.05, 4.69) is 29.5 Å². The molecule has 1 aliphatic heterocycles. The molecule has 5 heteroatoms. The number of nitrogens with one attached hydrogen (secondary N) is 2. The van der Waals surface area contributed by atoms with Crippen molar-refractivity contribution < 1.29 is 4.74 Å². The monoisotopic (exact) mass is 367 g/mol. The molecule has 4 nitrogen and oxygen atoms in total. The van der Waals surface area contributed by atoms with E-state index in [1.807, 2.05) is 0 Å². The van der Waals surface area contributed by atoms with Gasteiger partial charge >= 0.3 is 0 Å². The summed E-state index contributed by atoms with van der Waals surface area (Å²) in [6.45, 7) is 6.83. The largest absolute Gasteiger partial charge is 0.373 e. The van der Waals surface area contributed by atoms with Gasteiger partial charge in [0, 0.05) is 19.2 Å². The first-order chi connectivity index (χ1) is 8.22. The van der Waals surface area contributed by atoms with E-state index in [1.54, 1.807) is 0 Å². The van der Waals surface area contributed by atoms with Crippen LogP contribution in [0, 0.1) is 0 Å². The normalized spacial score (nSPS) is 28.4. The van der Waals surface area contributed by atoms with Crippen molar-refractivity contribution in [1.82, 2.24) is 10.6 Å². The Morgan fingerprint density at radius 3 is 2.67 bits per heavy atom. The lowest BCUT2D eigenvalue weighted by molar-refractivity contribution is 0.0283. The topological polar surface area (TPSA) is 45.7 Å². The predicted molar refractivity (Wildman–Crippen MR) is 85.8 cm³/mol. The van der Waals surface area contributed by atoms with Crippen LogP contribution >= 0.6 is 24.0 Å². The highest BCUT2D eigenvalue weighted by molar-refractivity contribution is 14.0. The molecular weight excluding hydrogens is 341 g/mol. The number of nitrogens with zero attached hydrogens (tertiary/aromatic N) is 1. The highest BCUT2D eigenvalue weighted by Crippen LogP contribution is 2.25. The average Bonchev–Trinajstić information content (AvgIpc) is 2.67. The number of rotatable bonds is 4. The molecule has 1 unspecified atom stereocenters. The number of hydrogen-bond donors (Lipinski definition) is 2. The predicted octanol–water partition coefficient (Wildman–Crippen LogP) is 2.28. The highest BCUT2D eigenvalue weighted by Gasteiger charge is 2.29. The van der Waals surface area contributed by atoms with Gasteiger partial charge in [-0.15, -0.1) is 24.0 Å². The van der Waals surface area contributed by atoms with Crippen LogP contribution in [0.15, 0.2) is 4.99 Å². The zero-order chi connectivity index (χ0) is 12.1. The Labute approximate surface area is 127 Å². The first kappa shape index (κ1) is 16.0. The fourth-order valence-electron chi connectivity index (χ4n) is 2.27. The molecule has 0 amide bonds. The third-order valence-electron chi connectivity index (χ3n) is 3.66. The number of halogens is 1. The van der Waals surface area contributed by atoms with E-state index in [0.29, 0.717) is 6.04 Å². The van der Waals surface area contributed by atoms with Crippen LogP contribution in [-0.4, -0.2) is 37.3 Å². The molecule has 2 fully saturated rings. The van der Waals surface area contributed by atoms with Gasteiger partial charge in [-0.25, -0.2) is 0 Å². The van der Waals surface area contributed by atoms with E-state index < -0.39 is 0 Å². The molecule has 18 heavy (non-hydrogen) atoms. The number of guanidine groups is 1. The van der Waals surface area contributed by atoms with Gasteiger partial charge in [-0.2, -0.15) is 0 Å². The summed E-state index contributed by atoms with van der Waals surface area (Å²) in [5, 5.41) is 6.79. The van der Waals surface area contributed by atoms with Gasteiger partial charge in [-0.3, -0.25) is 4.99 Å². The van der Waals surface area contributed by atoms with E-state index in [4.69, 9.17) is 4.74 Å². The van der Waals surface area contributed by atoms with E-state index in [1.165, 1.54) is 25.7 Å². The van der Waals surface area contributed by atoms with Crippen molar-refractivity contribution in [2.45, 2.75) is 57.6 Å². The molecule has 1 heterocycles. The van der Waals surface area contributed by atoms with Crippen LogP contribution < -0.4 is 10.6 Å². The van der Waals surface area contributed by atoms with E-state index >= 15 is 0 Å². The molecular formula is C13H26IN3O. The second-order valence-corrected chi connectivity index (χ2v) is 5.37. The zero-order valence-corrected chi connectivity index (χ0v) is 13.8. The summed E-state index contributed by atoms with van der Waals surface area (Å²) in [6.07, 6.45) is 6.19. The minimum atomic E-state index is -0.0397. The van der Waals surface area contributed by atoms with Crippen molar-refractivity contribution in [1.29, 1.82) is 0 Å². The van der Waals surface area contributed by atoms with E-state index in [-0.39, 0.29) is 29.6 Å².